The molecule has 38 heavy (non-hydrogen) atoms. The zero-order valence-electron chi connectivity index (χ0n) is 21.4. The number of rotatable bonds is 9. The SMILES string of the molecule is COCC(=O)NCc1cccc(-c2cc3ncnc(Nc4ccc(Oc5ccc(C)nc5)c(C)c4)c3[nH]2)c1. The molecule has 0 spiro atoms. The Hall–Kier alpha value is -4.76. The molecule has 0 bridgehead atoms. The Morgan fingerprint density at radius 2 is 1.89 bits per heavy atom. The number of hydrogen-bond acceptors (Lipinski definition) is 7. The van der Waals surface area contributed by atoms with Crippen LogP contribution in [-0.4, -0.2) is 39.6 Å². The number of anilines is 2. The van der Waals surface area contributed by atoms with Gasteiger partial charge in [-0.15, -0.1) is 0 Å². The number of carbonyl (C=O) groups is 1. The van der Waals surface area contributed by atoms with E-state index in [0.29, 0.717) is 18.1 Å². The first kappa shape index (κ1) is 24.9. The van der Waals surface area contributed by atoms with Crippen LogP contribution in [0.5, 0.6) is 11.5 Å². The minimum absolute atomic E-state index is 0.0374. The van der Waals surface area contributed by atoms with Gasteiger partial charge in [-0.05, 0) is 73.0 Å². The minimum atomic E-state index is -0.156. The van der Waals surface area contributed by atoms with Crippen molar-refractivity contribution in [3.8, 4) is 22.8 Å². The van der Waals surface area contributed by atoms with Crippen molar-refractivity contribution in [2.45, 2.75) is 20.4 Å². The van der Waals surface area contributed by atoms with Crippen LogP contribution in [0.25, 0.3) is 22.3 Å². The van der Waals surface area contributed by atoms with E-state index in [4.69, 9.17) is 9.47 Å². The first-order valence-corrected chi connectivity index (χ1v) is 12.2. The lowest BCUT2D eigenvalue weighted by molar-refractivity contribution is -0.124. The fraction of sp³-hybridized carbons (Fsp3) is 0.172. The number of amides is 1. The monoisotopic (exact) mass is 508 g/mol. The number of aromatic amines is 1. The van der Waals surface area contributed by atoms with Gasteiger partial charge in [0.15, 0.2) is 5.82 Å². The van der Waals surface area contributed by atoms with Gasteiger partial charge in [0.1, 0.15) is 29.9 Å². The summed E-state index contributed by atoms with van der Waals surface area (Å²) in [5.41, 5.74) is 7.25. The number of hydrogen-bond donors (Lipinski definition) is 3. The largest absolute Gasteiger partial charge is 0.455 e. The van der Waals surface area contributed by atoms with E-state index in [0.717, 1.165) is 50.5 Å². The molecule has 3 heterocycles. The van der Waals surface area contributed by atoms with Gasteiger partial charge in [0, 0.05) is 30.7 Å². The van der Waals surface area contributed by atoms with Gasteiger partial charge in [-0.25, -0.2) is 9.97 Å². The van der Waals surface area contributed by atoms with Crippen LogP contribution in [-0.2, 0) is 16.1 Å². The van der Waals surface area contributed by atoms with Crippen LogP contribution in [0.4, 0.5) is 11.5 Å². The number of aryl methyl sites for hydroxylation is 2. The first-order valence-electron chi connectivity index (χ1n) is 12.2. The second-order valence-corrected chi connectivity index (χ2v) is 8.92. The van der Waals surface area contributed by atoms with E-state index >= 15 is 0 Å². The van der Waals surface area contributed by atoms with E-state index in [-0.39, 0.29) is 12.5 Å². The Bertz CT molecular complexity index is 1580. The smallest absolute Gasteiger partial charge is 0.246 e. The van der Waals surface area contributed by atoms with E-state index < -0.39 is 0 Å². The highest BCUT2D eigenvalue weighted by molar-refractivity contribution is 5.91. The number of benzene rings is 2. The van der Waals surface area contributed by atoms with E-state index in [1.54, 1.807) is 12.5 Å². The average Bonchev–Trinajstić information content (AvgIpc) is 3.36. The number of carbonyl (C=O) groups excluding carboxylic acids is 1. The van der Waals surface area contributed by atoms with Crippen molar-refractivity contribution < 1.29 is 14.3 Å². The van der Waals surface area contributed by atoms with Gasteiger partial charge < -0.3 is 25.1 Å². The molecular weight excluding hydrogens is 480 g/mol. The van der Waals surface area contributed by atoms with Gasteiger partial charge in [-0.3, -0.25) is 9.78 Å². The van der Waals surface area contributed by atoms with E-state index in [2.05, 4.69) is 30.6 Å². The van der Waals surface area contributed by atoms with Gasteiger partial charge in [0.2, 0.25) is 5.91 Å². The lowest BCUT2D eigenvalue weighted by Gasteiger charge is -2.12. The number of aromatic nitrogens is 4. The molecule has 5 rings (SSSR count). The Morgan fingerprint density at radius 1 is 1.00 bits per heavy atom. The number of methoxy groups -OCH3 is 1. The number of nitrogens with zero attached hydrogens (tertiary/aromatic N) is 3. The van der Waals surface area contributed by atoms with Crippen LogP contribution in [0.3, 0.4) is 0 Å². The standard InChI is InChI=1S/C29H28N6O3/c1-18-11-22(8-10-26(18)38-23-9-7-19(2)30-15-23)34-29-28-25(32-17-33-29)13-24(35-28)21-6-4-5-20(12-21)14-31-27(36)16-37-3/h4-13,15,17,35H,14,16H2,1-3H3,(H,31,36)(H,32,33,34). The second kappa shape index (κ2) is 11.1. The van der Waals surface area contributed by atoms with Crippen LogP contribution < -0.4 is 15.4 Å². The molecule has 9 nitrogen and oxygen atoms in total. The summed E-state index contributed by atoms with van der Waals surface area (Å²) in [5.74, 6) is 1.96. The molecule has 5 aromatic rings. The number of pyridine rings is 1. The number of fused-ring (bicyclic) bond motifs is 1. The predicted molar refractivity (Wildman–Crippen MR) is 147 cm³/mol. The van der Waals surface area contributed by atoms with Crippen molar-refractivity contribution in [3.63, 3.8) is 0 Å². The maximum Gasteiger partial charge on any atom is 0.246 e. The lowest BCUT2D eigenvalue weighted by Crippen LogP contribution is -2.26. The molecule has 3 aromatic heterocycles. The van der Waals surface area contributed by atoms with Gasteiger partial charge in [0.05, 0.1) is 11.7 Å². The summed E-state index contributed by atoms with van der Waals surface area (Å²) in [6, 6.07) is 19.7. The Labute approximate surface area is 220 Å². The van der Waals surface area contributed by atoms with Crippen LogP contribution >= 0.6 is 0 Å². The maximum absolute atomic E-state index is 11.7. The number of H-pyrrole nitrogens is 1. The van der Waals surface area contributed by atoms with Gasteiger partial charge in [-0.2, -0.15) is 0 Å². The fourth-order valence-corrected chi connectivity index (χ4v) is 4.04. The zero-order valence-corrected chi connectivity index (χ0v) is 21.4. The van der Waals surface area contributed by atoms with E-state index in [9.17, 15) is 4.79 Å². The third-order valence-corrected chi connectivity index (χ3v) is 5.97. The second-order valence-electron chi connectivity index (χ2n) is 8.92. The lowest BCUT2D eigenvalue weighted by atomic mass is 10.1. The zero-order chi connectivity index (χ0) is 26.5. The van der Waals surface area contributed by atoms with E-state index in [1.807, 2.05) is 74.5 Å². The molecule has 1 amide bonds. The van der Waals surface area contributed by atoms with Crippen molar-refractivity contribution in [2.75, 3.05) is 19.0 Å². The van der Waals surface area contributed by atoms with Crippen LogP contribution in [0.2, 0.25) is 0 Å². The minimum Gasteiger partial charge on any atom is -0.455 e. The highest BCUT2D eigenvalue weighted by Gasteiger charge is 2.12. The maximum atomic E-state index is 11.7. The Kier molecular flexibility index (Phi) is 7.28. The summed E-state index contributed by atoms with van der Waals surface area (Å²) in [6.45, 7) is 4.39. The van der Waals surface area contributed by atoms with Crippen molar-refractivity contribution in [3.05, 3.63) is 90.0 Å². The van der Waals surface area contributed by atoms with Crippen LogP contribution in [0.1, 0.15) is 16.8 Å². The van der Waals surface area contributed by atoms with Gasteiger partial charge in [0.25, 0.3) is 0 Å². The van der Waals surface area contributed by atoms with Crippen LogP contribution in [0.15, 0.2) is 73.2 Å². The van der Waals surface area contributed by atoms with Crippen molar-refractivity contribution in [1.29, 1.82) is 0 Å². The molecule has 0 unspecified atom stereocenters. The number of nitrogens with one attached hydrogen (secondary N) is 3. The molecule has 0 aliphatic carbocycles. The molecule has 3 N–H and O–H groups in total. The number of ether oxygens (including phenoxy) is 2. The molecular formula is C29H28N6O3. The molecule has 0 saturated heterocycles. The molecule has 0 fully saturated rings. The highest BCUT2D eigenvalue weighted by atomic mass is 16.5. The third kappa shape index (κ3) is 5.79. The van der Waals surface area contributed by atoms with Crippen molar-refractivity contribution >= 4 is 28.4 Å². The van der Waals surface area contributed by atoms with Crippen LogP contribution in [0, 0.1) is 13.8 Å². The molecule has 0 radical (unpaired) electrons. The molecule has 0 aliphatic rings. The van der Waals surface area contributed by atoms with Gasteiger partial charge in [-0.1, -0.05) is 18.2 Å². The molecule has 9 heteroatoms. The molecule has 0 atom stereocenters. The molecule has 0 saturated carbocycles. The summed E-state index contributed by atoms with van der Waals surface area (Å²) < 4.78 is 10.9. The van der Waals surface area contributed by atoms with Crippen molar-refractivity contribution in [2.24, 2.45) is 0 Å². The molecule has 192 valence electrons. The average molecular weight is 509 g/mol. The third-order valence-electron chi connectivity index (χ3n) is 5.97. The summed E-state index contributed by atoms with van der Waals surface area (Å²) in [4.78, 5) is 28.4. The summed E-state index contributed by atoms with van der Waals surface area (Å²) >= 11 is 0. The summed E-state index contributed by atoms with van der Waals surface area (Å²) in [5, 5.41) is 6.24. The van der Waals surface area contributed by atoms with E-state index in [1.165, 1.54) is 7.11 Å². The first-order chi connectivity index (χ1) is 18.5. The Morgan fingerprint density at radius 3 is 2.68 bits per heavy atom. The Balaban J connectivity index is 1.34. The highest BCUT2D eigenvalue weighted by Crippen LogP contribution is 2.31. The van der Waals surface area contributed by atoms with Gasteiger partial charge >= 0.3 is 0 Å². The molecule has 0 aliphatic heterocycles. The molecule has 2 aromatic carbocycles. The van der Waals surface area contributed by atoms with Crippen molar-refractivity contribution in [1.82, 2.24) is 25.3 Å². The normalized spacial score (nSPS) is 10.9. The predicted octanol–water partition coefficient (Wildman–Crippen LogP) is 5.44. The topological polar surface area (TPSA) is 114 Å². The quantitative estimate of drug-likeness (QED) is 0.243. The summed E-state index contributed by atoms with van der Waals surface area (Å²) in [7, 11) is 1.50. The fourth-order valence-electron chi connectivity index (χ4n) is 4.04. The summed E-state index contributed by atoms with van der Waals surface area (Å²) in [6.07, 6.45) is 3.26.